The highest BCUT2D eigenvalue weighted by atomic mass is 35.5. The highest BCUT2D eigenvalue weighted by Gasteiger charge is 2.40. The number of aromatic nitrogens is 7. The van der Waals surface area contributed by atoms with Gasteiger partial charge in [0.25, 0.3) is 5.89 Å². The Hall–Kier alpha value is -3.14. The summed E-state index contributed by atoms with van der Waals surface area (Å²) in [5.41, 5.74) is 0.585. The van der Waals surface area contributed by atoms with Gasteiger partial charge < -0.3 is 8.98 Å². The first-order chi connectivity index (χ1) is 17.9. The number of H-pyrrole nitrogens is 1. The van der Waals surface area contributed by atoms with Crippen LogP contribution >= 0.6 is 11.6 Å². The molecule has 6 rings (SSSR count). The van der Waals surface area contributed by atoms with Gasteiger partial charge in [-0.3, -0.25) is 4.98 Å². The van der Waals surface area contributed by atoms with Crippen molar-refractivity contribution in [1.82, 2.24) is 34.7 Å². The lowest BCUT2D eigenvalue weighted by Crippen LogP contribution is -2.29. The van der Waals surface area contributed by atoms with Gasteiger partial charge in [-0.05, 0) is 56.4 Å². The summed E-state index contributed by atoms with van der Waals surface area (Å²) in [7, 11) is 0. The minimum absolute atomic E-state index is 0.0619. The van der Waals surface area contributed by atoms with E-state index in [0.717, 1.165) is 44.9 Å². The van der Waals surface area contributed by atoms with Gasteiger partial charge >= 0.3 is 5.76 Å². The number of imidazole rings is 1. The molecule has 4 aromatic rings. The molecule has 0 radical (unpaired) electrons. The predicted molar refractivity (Wildman–Crippen MR) is 137 cm³/mol. The van der Waals surface area contributed by atoms with Crippen LogP contribution < -0.4 is 5.76 Å². The number of halogens is 2. The standard InChI is InChI=1S/C26H29ClFN7O2/c1-15-5-7-16(8-6-15)14-35-20-19(17-11-18(27)13-29-12-17)30-22(23-33-34-25(36)37-23)31-21(20)32-24(35)26(28)9-3-2-4-10-26/h11-13,15-16H,2-10,14H2,1H3,(H,34,36)/t15-,16-. The summed E-state index contributed by atoms with van der Waals surface area (Å²) in [6, 6.07) is 1.76. The van der Waals surface area contributed by atoms with Gasteiger partial charge in [-0.1, -0.05) is 37.8 Å². The fourth-order valence-electron chi connectivity index (χ4n) is 5.83. The van der Waals surface area contributed by atoms with E-state index in [4.69, 9.17) is 26.0 Å². The highest BCUT2D eigenvalue weighted by Crippen LogP contribution is 2.43. The lowest BCUT2D eigenvalue weighted by Gasteiger charge is -2.32. The van der Waals surface area contributed by atoms with Crippen LogP contribution in [0.4, 0.5) is 4.39 Å². The van der Waals surface area contributed by atoms with Crippen molar-refractivity contribution < 1.29 is 8.81 Å². The van der Waals surface area contributed by atoms with Crippen LogP contribution in [0.25, 0.3) is 34.1 Å². The Bertz CT molecular complexity index is 1480. The molecule has 0 bridgehead atoms. The quantitative estimate of drug-likeness (QED) is 0.348. The number of rotatable bonds is 5. The molecule has 0 unspecified atom stereocenters. The summed E-state index contributed by atoms with van der Waals surface area (Å²) < 4.78 is 23.8. The number of fused-ring (bicyclic) bond motifs is 1. The molecule has 0 spiro atoms. The molecule has 2 aliphatic carbocycles. The molecule has 0 saturated heterocycles. The second-order valence-corrected chi connectivity index (χ2v) is 11.0. The molecule has 0 amide bonds. The Morgan fingerprint density at radius 3 is 2.62 bits per heavy atom. The third-order valence-electron chi connectivity index (χ3n) is 7.83. The smallest absolute Gasteiger partial charge is 0.384 e. The largest absolute Gasteiger partial charge is 0.434 e. The molecule has 9 nitrogen and oxygen atoms in total. The zero-order valence-electron chi connectivity index (χ0n) is 20.7. The SMILES string of the molecule is C[C@H]1CC[C@H](Cn2c(C3(F)CCCCC3)nc3nc(-c4n[nH]c(=O)o4)nc(-c4cncc(Cl)c4)c32)CC1. The van der Waals surface area contributed by atoms with Gasteiger partial charge in [-0.15, -0.1) is 5.10 Å². The molecule has 0 atom stereocenters. The molecule has 2 saturated carbocycles. The van der Waals surface area contributed by atoms with Crippen molar-refractivity contribution >= 4 is 22.8 Å². The monoisotopic (exact) mass is 525 g/mol. The molecule has 0 aromatic carbocycles. The Kier molecular flexibility index (Phi) is 6.30. The van der Waals surface area contributed by atoms with E-state index in [9.17, 15) is 4.79 Å². The third kappa shape index (κ3) is 4.67. The molecule has 11 heteroatoms. The summed E-state index contributed by atoms with van der Waals surface area (Å²) in [5, 5.41) is 6.59. The lowest BCUT2D eigenvalue weighted by molar-refractivity contribution is 0.0891. The molecular formula is C26H29ClFN7O2. The summed E-state index contributed by atoms with van der Waals surface area (Å²) >= 11 is 6.30. The van der Waals surface area contributed by atoms with Crippen LogP contribution in [0.1, 0.15) is 70.5 Å². The number of pyridine rings is 1. The van der Waals surface area contributed by atoms with E-state index in [2.05, 4.69) is 27.1 Å². The molecule has 194 valence electrons. The van der Waals surface area contributed by atoms with Crippen LogP contribution in [0.2, 0.25) is 5.02 Å². The summed E-state index contributed by atoms with van der Waals surface area (Å²) in [5.74, 6) is 0.838. The van der Waals surface area contributed by atoms with E-state index in [1.165, 1.54) is 0 Å². The van der Waals surface area contributed by atoms with Gasteiger partial charge in [0.15, 0.2) is 11.3 Å². The van der Waals surface area contributed by atoms with Crippen LogP contribution in [0.15, 0.2) is 27.7 Å². The van der Waals surface area contributed by atoms with E-state index in [0.29, 0.717) is 64.5 Å². The maximum atomic E-state index is 16.6. The number of aromatic amines is 1. The first-order valence-electron chi connectivity index (χ1n) is 13.0. The van der Waals surface area contributed by atoms with Gasteiger partial charge in [-0.25, -0.2) is 29.2 Å². The topological polar surface area (TPSA) is 115 Å². The second kappa shape index (κ2) is 9.63. The van der Waals surface area contributed by atoms with Gasteiger partial charge in [0, 0.05) is 24.5 Å². The van der Waals surface area contributed by atoms with Crippen LogP contribution in [0.5, 0.6) is 0 Å². The molecular weight excluding hydrogens is 497 g/mol. The second-order valence-electron chi connectivity index (χ2n) is 10.6. The number of nitrogens with one attached hydrogen (secondary N) is 1. The highest BCUT2D eigenvalue weighted by molar-refractivity contribution is 6.30. The van der Waals surface area contributed by atoms with E-state index >= 15 is 4.39 Å². The molecule has 1 N–H and O–H groups in total. The minimum Gasteiger partial charge on any atom is -0.384 e. The van der Waals surface area contributed by atoms with Crippen molar-refractivity contribution in [1.29, 1.82) is 0 Å². The fraction of sp³-hybridized carbons (Fsp3) is 0.538. The van der Waals surface area contributed by atoms with E-state index in [-0.39, 0.29) is 11.7 Å². The third-order valence-corrected chi connectivity index (χ3v) is 8.04. The molecule has 4 heterocycles. The molecule has 2 fully saturated rings. The molecule has 37 heavy (non-hydrogen) atoms. The maximum absolute atomic E-state index is 16.6. The van der Waals surface area contributed by atoms with E-state index in [1.807, 2.05) is 4.57 Å². The fourth-order valence-corrected chi connectivity index (χ4v) is 6.00. The number of hydrogen-bond acceptors (Lipinski definition) is 7. The van der Waals surface area contributed by atoms with Gasteiger partial charge in [0.2, 0.25) is 5.82 Å². The zero-order valence-corrected chi connectivity index (χ0v) is 21.5. The van der Waals surface area contributed by atoms with E-state index < -0.39 is 11.4 Å². The van der Waals surface area contributed by atoms with Gasteiger partial charge in [-0.2, -0.15) is 0 Å². The van der Waals surface area contributed by atoms with Gasteiger partial charge in [0.05, 0.1) is 5.02 Å². The number of nitrogens with zero attached hydrogens (tertiary/aromatic N) is 6. The van der Waals surface area contributed by atoms with Gasteiger partial charge in [0.1, 0.15) is 17.0 Å². The maximum Gasteiger partial charge on any atom is 0.434 e. The van der Waals surface area contributed by atoms with Crippen molar-refractivity contribution in [2.24, 2.45) is 11.8 Å². The minimum atomic E-state index is -1.54. The number of alkyl halides is 1. The van der Waals surface area contributed by atoms with Crippen molar-refractivity contribution in [3.8, 4) is 23.0 Å². The van der Waals surface area contributed by atoms with Crippen molar-refractivity contribution in [3.63, 3.8) is 0 Å². The average molecular weight is 526 g/mol. The Labute approximate surface area is 217 Å². The first-order valence-corrected chi connectivity index (χ1v) is 13.4. The summed E-state index contributed by atoms with van der Waals surface area (Å²) in [4.78, 5) is 30.0. The Morgan fingerprint density at radius 2 is 1.92 bits per heavy atom. The molecule has 0 aliphatic heterocycles. The summed E-state index contributed by atoms with van der Waals surface area (Å²) in [6.07, 6.45) is 11.2. The van der Waals surface area contributed by atoms with Crippen LogP contribution in [-0.2, 0) is 12.2 Å². The summed E-state index contributed by atoms with van der Waals surface area (Å²) in [6.45, 7) is 2.94. The van der Waals surface area contributed by atoms with Crippen molar-refractivity contribution in [2.75, 3.05) is 0 Å². The zero-order chi connectivity index (χ0) is 25.6. The molecule has 4 aromatic heterocycles. The predicted octanol–water partition coefficient (Wildman–Crippen LogP) is 5.84. The van der Waals surface area contributed by atoms with E-state index in [1.54, 1.807) is 18.5 Å². The first kappa shape index (κ1) is 24.2. The normalized spacial score (nSPS) is 21.9. The Morgan fingerprint density at radius 1 is 1.14 bits per heavy atom. The Balaban J connectivity index is 1.59. The van der Waals surface area contributed by atoms with Crippen LogP contribution in [-0.4, -0.2) is 34.7 Å². The average Bonchev–Trinajstić information content (AvgIpc) is 3.49. The van der Waals surface area contributed by atoms with Crippen LogP contribution in [0.3, 0.4) is 0 Å². The van der Waals surface area contributed by atoms with Crippen molar-refractivity contribution in [3.05, 3.63) is 39.9 Å². The lowest BCUT2D eigenvalue weighted by atomic mass is 9.82. The van der Waals surface area contributed by atoms with Crippen molar-refractivity contribution in [2.45, 2.75) is 76.9 Å². The van der Waals surface area contributed by atoms with Crippen LogP contribution in [0, 0.1) is 11.8 Å². The number of hydrogen-bond donors (Lipinski definition) is 1. The molecule has 2 aliphatic rings.